The summed E-state index contributed by atoms with van der Waals surface area (Å²) < 4.78 is 2.06. The van der Waals surface area contributed by atoms with Crippen LogP contribution in [0.2, 0.25) is 0 Å². The molecule has 0 amide bonds. The Bertz CT molecular complexity index is 387. The zero-order chi connectivity index (χ0) is 15.7. The molecule has 0 aliphatic heterocycles. The lowest BCUT2D eigenvalue weighted by molar-refractivity contribution is 0.139. The second-order valence-electron chi connectivity index (χ2n) is 6.01. The van der Waals surface area contributed by atoms with Gasteiger partial charge < -0.3 is 15.0 Å². The highest BCUT2D eigenvalue weighted by Crippen LogP contribution is 2.17. The Balaban J connectivity index is 2.37. The summed E-state index contributed by atoms with van der Waals surface area (Å²) in [5.74, 6) is 1.09. The number of aliphatic hydroxyl groups excluding tert-OH is 1. The lowest BCUT2D eigenvalue weighted by atomic mass is 9.91. The van der Waals surface area contributed by atoms with Gasteiger partial charge in [-0.2, -0.15) is 0 Å². The largest absolute Gasteiger partial charge is 0.394 e. The van der Waals surface area contributed by atoms with Gasteiger partial charge in [0.25, 0.3) is 0 Å². The van der Waals surface area contributed by atoms with Crippen molar-refractivity contribution in [1.82, 2.24) is 19.8 Å². The molecule has 0 spiro atoms. The quantitative estimate of drug-likeness (QED) is 0.653. The minimum atomic E-state index is -0.111. The second-order valence-corrected chi connectivity index (χ2v) is 6.01. The highest BCUT2D eigenvalue weighted by Gasteiger charge is 2.25. The molecule has 21 heavy (non-hydrogen) atoms. The third-order valence-corrected chi connectivity index (χ3v) is 4.26. The minimum Gasteiger partial charge on any atom is -0.394 e. The monoisotopic (exact) mass is 296 g/mol. The maximum atomic E-state index is 9.72. The van der Waals surface area contributed by atoms with Crippen molar-refractivity contribution in [1.29, 1.82) is 0 Å². The maximum Gasteiger partial charge on any atom is 0.122 e. The van der Waals surface area contributed by atoms with E-state index in [1.807, 2.05) is 19.4 Å². The Morgan fingerprint density at radius 1 is 1.43 bits per heavy atom. The number of rotatable bonds is 11. The topological polar surface area (TPSA) is 53.3 Å². The number of hydrogen-bond acceptors (Lipinski definition) is 4. The van der Waals surface area contributed by atoms with Gasteiger partial charge in [0, 0.05) is 25.0 Å². The van der Waals surface area contributed by atoms with Crippen molar-refractivity contribution >= 4 is 0 Å². The van der Waals surface area contributed by atoms with E-state index in [-0.39, 0.29) is 12.1 Å². The molecule has 2 N–H and O–H groups in total. The van der Waals surface area contributed by atoms with Gasteiger partial charge in [-0.3, -0.25) is 4.90 Å². The molecule has 1 unspecified atom stereocenters. The van der Waals surface area contributed by atoms with Gasteiger partial charge in [-0.15, -0.1) is 0 Å². The van der Waals surface area contributed by atoms with Crippen LogP contribution >= 0.6 is 0 Å². The van der Waals surface area contributed by atoms with Gasteiger partial charge in [0.1, 0.15) is 5.82 Å². The van der Waals surface area contributed by atoms with Gasteiger partial charge in [-0.1, -0.05) is 13.8 Å². The van der Waals surface area contributed by atoms with E-state index in [0.717, 1.165) is 51.1 Å². The van der Waals surface area contributed by atoms with Crippen molar-refractivity contribution in [3.63, 3.8) is 0 Å². The number of imidazole rings is 1. The van der Waals surface area contributed by atoms with Gasteiger partial charge in [-0.05, 0) is 45.8 Å². The molecule has 0 saturated carbocycles. The van der Waals surface area contributed by atoms with E-state index in [0.29, 0.717) is 0 Å². The Kier molecular flexibility index (Phi) is 7.93. The van der Waals surface area contributed by atoms with Gasteiger partial charge in [0.05, 0.1) is 13.2 Å². The van der Waals surface area contributed by atoms with Crippen LogP contribution in [0, 0.1) is 0 Å². The van der Waals surface area contributed by atoms with Crippen LogP contribution < -0.4 is 5.32 Å². The highest BCUT2D eigenvalue weighted by atomic mass is 16.3. The van der Waals surface area contributed by atoms with Crippen LogP contribution in [-0.4, -0.2) is 51.8 Å². The van der Waals surface area contributed by atoms with Gasteiger partial charge in [-0.25, -0.2) is 4.98 Å². The summed E-state index contributed by atoms with van der Waals surface area (Å²) in [6.07, 6.45) is 7.96. The molecule has 5 heteroatoms. The highest BCUT2D eigenvalue weighted by molar-refractivity contribution is 4.91. The lowest BCUT2D eigenvalue weighted by Crippen LogP contribution is -2.48. The number of aryl methyl sites for hydroxylation is 1. The molecule has 1 rings (SSSR count). The third-order valence-electron chi connectivity index (χ3n) is 4.26. The van der Waals surface area contributed by atoms with Crippen LogP contribution in [0.4, 0.5) is 0 Å². The minimum absolute atomic E-state index is 0.111. The molecule has 0 bridgehead atoms. The van der Waals surface area contributed by atoms with E-state index >= 15 is 0 Å². The molecular formula is C16H32N4O. The van der Waals surface area contributed by atoms with Crippen molar-refractivity contribution in [2.75, 3.05) is 26.7 Å². The second kappa shape index (κ2) is 9.18. The number of aliphatic hydroxyl groups is 1. The summed E-state index contributed by atoms with van der Waals surface area (Å²) >= 11 is 0. The molecule has 1 aromatic rings. The van der Waals surface area contributed by atoms with Crippen LogP contribution in [-0.2, 0) is 13.6 Å². The Labute approximate surface area is 129 Å². The van der Waals surface area contributed by atoms with Crippen molar-refractivity contribution in [3.8, 4) is 0 Å². The molecule has 5 nitrogen and oxygen atoms in total. The molecule has 0 aromatic carbocycles. The predicted molar refractivity (Wildman–Crippen MR) is 87.2 cm³/mol. The molecule has 1 atom stereocenters. The molecule has 1 aromatic heterocycles. The fourth-order valence-electron chi connectivity index (χ4n) is 2.58. The smallest absolute Gasteiger partial charge is 0.122 e. The van der Waals surface area contributed by atoms with E-state index in [1.54, 1.807) is 0 Å². The van der Waals surface area contributed by atoms with E-state index in [9.17, 15) is 5.11 Å². The zero-order valence-corrected chi connectivity index (χ0v) is 14.1. The van der Waals surface area contributed by atoms with E-state index in [4.69, 9.17) is 0 Å². The first kappa shape index (κ1) is 18.1. The number of hydrogen-bond donors (Lipinski definition) is 2. The molecule has 1 heterocycles. The lowest BCUT2D eigenvalue weighted by Gasteiger charge is -2.33. The molecule has 0 aliphatic carbocycles. The number of nitrogens with zero attached hydrogens (tertiary/aromatic N) is 3. The van der Waals surface area contributed by atoms with Crippen LogP contribution in [0.1, 0.15) is 45.4 Å². The fourth-order valence-corrected chi connectivity index (χ4v) is 2.58. The summed E-state index contributed by atoms with van der Waals surface area (Å²) in [4.78, 5) is 6.65. The van der Waals surface area contributed by atoms with Crippen LogP contribution in [0.15, 0.2) is 12.4 Å². The molecular weight excluding hydrogens is 264 g/mol. The third kappa shape index (κ3) is 5.77. The summed E-state index contributed by atoms with van der Waals surface area (Å²) in [6, 6.07) is 0. The van der Waals surface area contributed by atoms with Gasteiger partial charge in [0.2, 0.25) is 0 Å². The van der Waals surface area contributed by atoms with Crippen LogP contribution in [0.5, 0.6) is 0 Å². The molecule has 122 valence electrons. The van der Waals surface area contributed by atoms with Gasteiger partial charge in [0.15, 0.2) is 0 Å². The molecule has 0 radical (unpaired) electrons. The zero-order valence-electron chi connectivity index (χ0n) is 14.1. The summed E-state index contributed by atoms with van der Waals surface area (Å²) in [5, 5.41) is 13.2. The van der Waals surface area contributed by atoms with E-state index in [1.165, 1.54) is 0 Å². The fraction of sp³-hybridized carbons (Fsp3) is 0.812. The Hall–Kier alpha value is -0.910. The normalized spacial score (nSPS) is 14.6. The van der Waals surface area contributed by atoms with Crippen molar-refractivity contribution in [2.24, 2.45) is 7.05 Å². The summed E-state index contributed by atoms with van der Waals surface area (Å²) in [6.45, 7) is 7.37. The summed E-state index contributed by atoms with van der Waals surface area (Å²) in [7, 11) is 4.15. The predicted octanol–water partition coefficient (Wildman–Crippen LogP) is 1.77. The van der Waals surface area contributed by atoms with Gasteiger partial charge >= 0.3 is 0 Å². The van der Waals surface area contributed by atoms with E-state index in [2.05, 4.69) is 40.7 Å². The SMILES string of the molecule is CCCNC(CC)(CO)CCCN(C)Cc1nccn1C. The maximum absolute atomic E-state index is 9.72. The standard InChI is InChI=1S/C16H32N4O/c1-5-9-18-16(6-2,14-21)8-7-11-19(3)13-15-17-10-12-20(15)4/h10,12,18,21H,5-9,11,13-14H2,1-4H3. The molecule has 0 saturated heterocycles. The number of nitrogens with one attached hydrogen (secondary N) is 1. The van der Waals surface area contributed by atoms with Crippen molar-refractivity contribution in [2.45, 2.75) is 51.6 Å². The van der Waals surface area contributed by atoms with E-state index < -0.39 is 0 Å². The first-order chi connectivity index (χ1) is 10.1. The number of aromatic nitrogens is 2. The van der Waals surface area contributed by atoms with Crippen molar-refractivity contribution < 1.29 is 5.11 Å². The van der Waals surface area contributed by atoms with Crippen LogP contribution in [0.25, 0.3) is 0 Å². The Morgan fingerprint density at radius 2 is 2.19 bits per heavy atom. The van der Waals surface area contributed by atoms with Crippen molar-refractivity contribution in [3.05, 3.63) is 18.2 Å². The summed E-state index contributed by atoms with van der Waals surface area (Å²) in [5.41, 5.74) is -0.111. The first-order valence-electron chi connectivity index (χ1n) is 8.07. The first-order valence-corrected chi connectivity index (χ1v) is 8.07. The average molecular weight is 296 g/mol. The average Bonchev–Trinajstić information content (AvgIpc) is 2.88. The Morgan fingerprint density at radius 3 is 2.71 bits per heavy atom. The van der Waals surface area contributed by atoms with Crippen LogP contribution in [0.3, 0.4) is 0 Å². The molecule has 0 fully saturated rings. The molecule has 0 aliphatic rings.